The van der Waals surface area contributed by atoms with E-state index in [4.69, 9.17) is 0 Å². The standard InChI is InChI=1S/C18H24N4O3/c1-14(23)20-10-12-21(13-11-20)17(24)16-8-5-9-22(16)18(25)19-15-6-3-2-4-7-15/h2-4,6-7,16H,5,8-13H2,1H3,(H,19,25)/t16-/m1/s1. The molecule has 1 aromatic carbocycles. The number of likely N-dealkylation sites (tertiary alicyclic amines) is 1. The third-order valence-electron chi connectivity index (χ3n) is 4.86. The molecule has 7 nitrogen and oxygen atoms in total. The molecule has 0 aromatic heterocycles. The minimum absolute atomic E-state index is 0.0103. The molecule has 0 spiro atoms. The highest BCUT2D eigenvalue weighted by molar-refractivity contribution is 5.94. The van der Waals surface area contributed by atoms with Crippen LogP contribution in [0.15, 0.2) is 30.3 Å². The maximum absolute atomic E-state index is 12.8. The van der Waals surface area contributed by atoms with Crippen LogP contribution < -0.4 is 5.32 Å². The van der Waals surface area contributed by atoms with Gasteiger partial charge in [0.1, 0.15) is 6.04 Å². The smallest absolute Gasteiger partial charge is 0.322 e. The summed E-state index contributed by atoms with van der Waals surface area (Å²) in [6.07, 6.45) is 1.51. The zero-order valence-corrected chi connectivity index (χ0v) is 14.5. The van der Waals surface area contributed by atoms with Gasteiger partial charge in [-0.15, -0.1) is 0 Å². The van der Waals surface area contributed by atoms with E-state index in [-0.39, 0.29) is 17.8 Å². The predicted octanol–water partition coefficient (Wildman–Crippen LogP) is 1.37. The van der Waals surface area contributed by atoms with Gasteiger partial charge in [-0.05, 0) is 25.0 Å². The van der Waals surface area contributed by atoms with Crippen LogP contribution in [0.2, 0.25) is 0 Å². The molecule has 1 atom stereocenters. The van der Waals surface area contributed by atoms with Crippen molar-refractivity contribution in [2.45, 2.75) is 25.8 Å². The van der Waals surface area contributed by atoms with Crippen LogP contribution in [0.5, 0.6) is 0 Å². The lowest BCUT2D eigenvalue weighted by molar-refractivity contribution is -0.141. The van der Waals surface area contributed by atoms with E-state index in [0.29, 0.717) is 39.1 Å². The molecule has 4 amide bonds. The summed E-state index contributed by atoms with van der Waals surface area (Å²) in [5.41, 5.74) is 0.723. The van der Waals surface area contributed by atoms with E-state index < -0.39 is 6.04 Å². The second kappa shape index (κ2) is 7.55. The number of benzene rings is 1. The molecule has 2 heterocycles. The molecular weight excluding hydrogens is 320 g/mol. The molecule has 0 unspecified atom stereocenters. The van der Waals surface area contributed by atoms with Crippen LogP contribution in [0.1, 0.15) is 19.8 Å². The zero-order chi connectivity index (χ0) is 17.8. The summed E-state index contributed by atoms with van der Waals surface area (Å²) in [7, 11) is 0. The minimum atomic E-state index is -0.410. The Bertz CT molecular complexity index is 641. The molecule has 7 heteroatoms. The van der Waals surface area contributed by atoms with Gasteiger partial charge in [0.05, 0.1) is 0 Å². The Morgan fingerprint density at radius 1 is 0.960 bits per heavy atom. The molecule has 3 rings (SSSR count). The third kappa shape index (κ3) is 3.92. The van der Waals surface area contributed by atoms with Gasteiger partial charge >= 0.3 is 6.03 Å². The van der Waals surface area contributed by atoms with Gasteiger partial charge in [-0.3, -0.25) is 9.59 Å². The highest BCUT2D eigenvalue weighted by Crippen LogP contribution is 2.21. The number of nitrogens with zero attached hydrogens (tertiary/aromatic N) is 3. The van der Waals surface area contributed by atoms with E-state index in [9.17, 15) is 14.4 Å². The summed E-state index contributed by atoms with van der Waals surface area (Å²) in [6, 6.07) is 8.61. The van der Waals surface area contributed by atoms with Crippen molar-refractivity contribution in [1.29, 1.82) is 0 Å². The van der Waals surface area contributed by atoms with Gasteiger partial charge in [-0.25, -0.2) is 4.79 Å². The van der Waals surface area contributed by atoms with Gasteiger partial charge in [0.2, 0.25) is 11.8 Å². The fraction of sp³-hybridized carbons (Fsp3) is 0.500. The third-order valence-corrected chi connectivity index (χ3v) is 4.86. The predicted molar refractivity (Wildman–Crippen MR) is 94.0 cm³/mol. The van der Waals surface area contributed by atoms with Crippen LogP contribution >= 0.6 is 0 Å². The monoisotopic (exact) mass is 344 g/mol. The van der Waals surface area contributed by atoms with Gasteiger partial charge in [0, 0.05) is 45.3 Å². The van der Waals surface area contributed by atoms with Crippen LogP contribution in [0, 0.1) is 0 Å². The molecule has 2 aliphatic rings. The summed E-state index contributed by atoms with van der Waals surface area (Å²) in [4.78, 5) is 42.0. The maximum atomic E-state index is 12.8. The number of nitrogens with one attached hydrogen (secondary N) is 1. The fourth-order valence-corrected chi connectivity index (χ4v) is 3.44. The summed E-state index contributed by atoms with van der Waals surface area (Å²) in [5.74, 6) is 0.0285. The summed E-state index contributed by atoms with van der Waals surface area (Å²) in [6.45, 7) is 4.31. The second-order valence-electron chi connectivity index (χ2n) is 6.48. The SMILES string of the molecule is CC(=O)N1CCN(C(=O)[C@H]2CCCN2C(=O)Nc2ccccc2)CC1. The molecule has 0 radical (unpaired) electrons. The average Bonchev–Trinajstić information content (AvgIpc) is 3.12. The highest BCUT2D eigenvalue weighted by atomic mass is 16.2. The van der Waals surface area contributed by atoms with Crippen LogP contribution in [0.25, 0.3) is 0 Å². The fourth-order valence-electron chi connectivity index (χ4n) is 3.44. The zero-order valence-electron chi connectivity index (χ0n) is 14.5. The lowest BCUT2D eigenvalue weighted by Crippen LogP contribution is -2.55. The summed E-state index contributed by atoms with van der Waals surface area (Å²) >= 11 is 0. The number of anilines is 1. The van der Waals surface area contributed by atoms with Crippen LogP contribution in [-0.2, 0) is 9.59 Å². The van der Waals surface area contributed by atoms with E-state index in [0.717, 1.165) is 12.1 Å². The van der Waals surface area contributed by atoms with E-state index in [1.54, 1.807) is 21.6 Å². The Hall–Kier alpha value is -2.57. The first-order valence-corrected chi connectivity index (χ1v) is 8.73. The lowest BCUT2D eigenvalue weighted by Gasteiger charge is -2.37. The first-order chi connectivity index (χ1) is 12.1. The van der Waals surface area contributed by atoms with Gasteiger partial charge < -0.3 is 20.0 Å². The molecule has 25 heavy (non-hydrogen) atoms. The largest absolute Gasteiger partial charge is 0.339 e. The van der Waals surface area contributed by atoms with E-state index >= 15 is 0 Å². The Kier molecular flexibility index (Phi) is 5.21. The quantitative estimate of drug-likeness (QED) is 0.881. The number of carbonyl (C=O) groups excluding carboxylic acids is 3. The molecule has 2 saturated heterocycles. The van der Waals surface area contributed by atoms with Crippen LogP contribution in [0.3, 0.4) is 0 Å². The van der Waals surface area contributed by atoms with Crippen LogP contribution in [0.4, 0.5) is 10.5 Å². The molecular formula is C18H24N4O3. The number of piperazine rings is 1. The van der Waals surface area contributed by atoms with Crippen molar-refractivity contribution in [3.63, 3.8) is 0 Å². The van der Waals surface area contributed by atoms with E-state index in [1.807, 2.05) is 30.3 Å². The molecule has 2 aliphatic heterocycles. The maximum Gasteiger partial charge on any atom is 0.322 e. The molecule has 0 aliphatic carbocycles. The van der Waals surface area contributed by atoms with Crippen molar-refractivity contribution in [3.05, 3.63) is 30.3 Å². The van der Waals surface area contributed by atoms with Crippen molar-refractivity contribution in [2.24, 2.45) is 0 Å². The second-order valence-corrected chi connectivity index (χ2v) is 6.48. The van der Waals surface area contributed by atoms with Gasteiger partial charge in [-0.1, -0.05) is 18.2 Å². The van der Waals surface area contributed by atoms with E-state index in [1.165, 1.54) is 0 Å². The normalized spacial score (nSPS) is 20.5. The minimum Gasteiger partial charge on any atom is -0.339 e. The number of hydrogen-bond acceptors (Lipinski definition) is 3. The Balaban J connectivity index is 1.60. The lowest BCUT2D eigenvalue weighted by atomic mass is 10.1. The Labute approximate surface area is 147 Å². The van der Waals surface area contributed by atoms with Crippen molar-refractivity contribution in [2.75, 3.05) is 38.0 Å². The van der Waals surface area contributed by atoms with Gasteiger partial charge in [-0.2, -0.15) is 0 Å². The first kappa shape index (κ1) is 17.3. The Morgan fingerprint density at radius 2 is 1.60 bits per heavy atom. The highest BCUT2D eigenvalue weighted by Gasteiger charge is 2.37. The topological polar surface area (TPSA) is 73.0 Å². The number of carbonyl (C=O) groups is 3. The van der Waals surface area contributed by atoms with E-state index in [2.05, 4.69) is 5.32 Å². The van der Waals surface area contributed by atoms with Crippen molar-refractivity contribution < 1.29 is 14.4 Å². The molecule has 0 saturated carbocycles. The van der Waals surface area contributed by atoms with Crippen molar-refractivity contribution in [1.82, 2.24) is 14.7 Å². The Morgan fingerprint density at radius 3 is 2.24 bits per heavy atom. The van der Waals surface area contributed by atoms with Crippen molar-refractivity contribution in [3.8, 4) is 0 Å². The number of urea groups is 1. The van der Waals surface area contributed by atoms with Crippen LogP contribution in [-0.4, -0.2) is 71.3 Å². The van der Waals surface area contributed by atoms with Gasteiger partial charge in [0.15, 0.2) is 0 Å². The number of hydrogen-bond donors (Lipinski definition) is 1. The first-order valence-electron chi connectivity index (χ1n) is 8.73. The summed E-state index contributed by atoms with van der Waals surface area (Å²) < 4.78 is 0. The van der Waals surface area contributed by atoms with Gasteiger partial charge in [0.25, 0.3) is 0 Å². The molecule has 2 fully saturated rings. The molecule has 0 bridgehead atoms. The average molecular weight is 344 g/mol. The number of para-hydroxylation sites is 1. The number of amides is 4. The molecule has 134 valence electrons. The summed E-state index contributed by atoms with van der Waals surface area (Å²) in [5, 5.41) is 2.86. The van der Waals surface area contributed by atoms with Crippen molar-refractivity contribution >= 4 is 23.5 Å². The molecule has 1 aromatic rings. The number of rotatable bonds is 2. The molecule has 1 N–H and O–H groups in total.